The van der Waals surface area contributed by atoms with Crippen molar-refractivity contribution >= 4 is 17.3 Å². The Labute approximate surface area is 141 Å². The molecule has 1 saturated heterocycles. The van der Waals surface area contributed by atoms with Crippen LogP contribution in [-0.4, -0.2) is 48.5 Å². The van der Waals surface area contributed by atoms with Crippen molar-refractivity contribution in [1.29, 1.82) is 16.2 Å². The fraction of sp³-hybridized carbons (Fsp3) is 0.353. The average Bonchev–Trinajstić information content (AvgIpc) is 2.61. The molecular weight excluding hydrogens is 304 g/mol. The number of para-hydroxylation sites is 1. The molecule has 1 aliphatic rings. The minimum absolute atomic E-state index is 0.00352. The lowest BCUT2D eigenvalue weighted by molar-refractivity contribution is 0.416. The molecule has 7 heteroatoms. The third-order valence-corrected chi connectivity index (χ3v) is 3.95. The molecule has 1 aliphatic heterocycles. The molecule has 1 aromatic carbocycles. The van der Waals surface area contributed by atoms with Crippen LogP contribution < -0.4 is 16.0 Å². The van der Waals surface area contributed by atoms with Crippen molar-refractivity contribution in [3.63, 3.8) is 0 Å². The molecule has 7 N–H and O–H groups in total. The molecule has 0 atom stereocenters. The zero-order valence-corrected chi connectivity index (χ0v) is 13.7. The van der Waals surface area contributed by atoms with Gasteiger partial charge in [-0.3, -0.25) is 10.8 Å². The zero-order chi connectivity index (χ0) is 17.5. The van der Waals surface area contributed by atoms with Crippen LogP contribution in [0.4, 0.5) is 0 Å². The molecule has 0 radical (unpaired) electrons. The highest BCUT2D eigenvalue weighted by molar-refractivity contribution is 6.45. The van der Waals surface area contributed by atoms with Crippen molar-refractivity contribution in [2.24, 2.45) is 0 Å². The molecule has 24 heavy (non-hydrogen) atoms. The maximum atomic E-state index is 9.90. The van der Waals surface area contributed by atoms with Crippen LogP contribution in [0.25, 0.3) is 0 Å². The van der Waals surface area contributed by atoms with Gasteiger partial charge in [-0.05, 0) is 44.1 Å². The van der Waals surface area contributed by atoms with Gasteiger partial charge in [-0.25, -0.2) is 0 Å². The Morgan fingerprint density at radius 2 is 1.88 bits per heavy atom. The Bertz CT molecular complexity index is 661. The van der Waals surface area contributed by atoms with E-state index in [2.05, 4.69) is 16.0 Å². The molecule has 1 aromatic rings. The number of hydrogen-bond acceptors (Lipinski definition) is 6. The van der Waals surface area contributed by atoms with E-state index in [1.807, 2.05) is 0 Å². The Kier molecular flexibility index (Phi) is 6.08. The normalized spacial score (nSPS) is 15.6. The molecule has 1 heterocycles. The number of phenolic OH excluding ortho intramolecular Hbond substituents is 1. The highest BCUT2D eigenvalue weighted by atomic mass is 16.3. The summed E-state index contributed by atoms with van der Waals surface area (Å²) in [5.41, 5.74) is 0.898. The number of allylic oxidation sites excluding steroid dienone is 1. The Morgan fingerprint density at radius 3 is 2.50 bits per heavy atom. The van der Waals surface area contributed by atoms with Crippen molar-refractivity contribution in [2.75, 3.05) is 20.1 Å². The number of amidine groups is 1. The van der Waals surface area contributed by atoms with Crippen LogP contribution in [-0.2, 0) is 0 Å². The second-order valence-electron chi connectivity index (χ2n) is 5.66. The van der Waals surface area contributed by atoms with Crippen LogP contribution >= 0.6 is 0 Å². The fourth-order valence-corrected chi connectivity index (χ4v) is 2.56. The van der Waals surface area contributed by atoms with Crippen LogP contribution in [0.15, 0.2) is 36.0 Å². The molecule has 0 aliphatic carbocycles. The maximum Gasteiger partial charge on any atom is 0.145 e. The Hall–Kier alpha value is -2.67. The van der Waals surface area contributed by atoms with E-state index >= 15 is 0 Å². The minimum Gasteiger partial charge on any atom is -0.507 e. The average molecular weight is 328 g/mol. The van der Waals surface area contributed by atoms with Gasteiger partial charge < -0.3 is 26.5 Å². The van der Waals surface area contributed by atoms with Gasteiger partial charge in [0.15, 0.2) is 0 Å². The third kappa shape index (κ3) is 4.42. The van der Waals surface area contributed by atoms with Crippen LogP contribution in [0.5, 0.6) is 5.75 Å². The van der Waals surface area contributed by atoms with E-state index in [1.165, 1.54) is 12.1 Å². The first-order valence-corrected chi connectivity index (χ1v) is 7.94. The van der Waals surface area contributed by atoms with Gasteiger partial charge in [0.1, 0.15) is 17.3 Å². The lowest BCUT2D eigenvalue weighted by Crippen LogP contribution is -2.43. The van der Waals surface area contributed by atoms with Crippen LogP contribution in [0, 0.1) is 16.2 Å². The number of nitrogens with one attached hydrogen (secondary N) is 6. The predicted octanol–water partition coefficient (Wildman–Crippen LogP) is 1.20. The van der Waals surface area contributed by atoms with Crippen molar-refractivity contribution in [2.45, 2.75) is 18.9 Å². The number of benzene rings is 1. The monoisotopic (exact) mass is 328 g/mol. The van der Waals surface area contributed by atoms with Crippen LogP contribution in [0.1, 0.15) is 18.4 Å². The number of hydrogen-bond donors (Lipinski definition) is 7. The Balaban J connectivity index is 2.26. The topological polar surface area (TPSA) is 128 Å². The van der Waals surface area contributed by atoms with E-state index < -0.39 is 0 Å². The quantitative estimate of drug-likeness (QED) is 0.313. The summed E-state index contributed by atoms with van der Waals surface area (Å²) in [5.74, 6) is 0.00274. The molecule has 0 saturated carbocycles. The van der Waals surface area contributed by atoms with E-state index in [0.717, 1.165) is 25.9 Å². The largest absolute Gasteiger partial charge is 0.507 e. The van der Waals surface area contributed by atoms with Crippen molar-refractivity contribution in [1.82, 2.24) is 16.0 Å². The van der Waals surface area contributed by atoms with E-state index in [0.29, 0.717) is 11.3 Å². The van der Waals surface area contributed by atoms with Gasteiger partial charge in [-0.15, -0.1) is 0 Å². The van der Waals surface area contributed by atoms with E-state index in [4.69, 9.17) is 16.2 Å². The number of rotatable bonds is 6. The summed E-state index contributed by atoms with van der Waals surface area (Å²) in [6.07, 6.45) is 3.34. The number of phenols is 1. The lowest BCUT2D eigenvalue weighted by atomic mass is 10.0. The molecule has 2 rings (SSSR count). The molecule has 1 fully saturated rings. The van der Waals surface area contributed by atoms with Gasteiger partial charge >= 0.3 is 0 Å². The van der Waals surface area contributed by atoms with E-state index in [9.17, 15) is 5.11 Å². The molecule has 0 bridgehead atoms. The predicted molar refractivity (Wildman–Crippen MR) is 96.6 cm³/mol. The van der Waals surface area contributed by atoms with Gasteiger partial charge in [-0.1, -0.05) is 12.1 Å². The van der Waals surface area contributed by atoms with Crippen molar-refractivity contribution in [3.05, 3.63) is 41.6 Å². The SMILES string of the molecule is CNC(=N)C(=N)/C(=C\C(=N)c1ccccc1O)NC1CCNCC1. The molecule has 128 valence electrons. The van der Waals surface area contributed by atoms with Gasteiger partial charge in [-0.2, -0.15) is 0 Å². The summed E-state index contributed by atoms with van der Waals surface area (Å²) in [6.45, 7) is 1.80. The standard InChI is InChI=1S/C17H24N6O/c1-21-17(20)16(19)14(23-11-6-8-22-9-7-11)10-13(18)12-4-2-3-5-15(12)24/h2-5,10-11,18-19,22-24H,6-9H2,1H3,(H2,20,21)/b14-10+,18-13?,19-16?. The summed E-state index contributed by atoms with van der Waals surface area (Å²) in [7, 11) is 1.59. The summed E-state index contributed by atoms with van der Waals surface area (Å²) >= 11 is 0. The van der Waals surface area contributed by atoms with Gasteiger partial charge in [0, 0.05) is 18.7 Å². The number of piperidine rings is 1. The molecule has 0 amide bonds. The van der Waals surface area contributed by atoms with E-state index in [1.54, 1.807) is 25.2 Å². The summed E-state index contributed by atoms with van der Waals surface area (Å²) in [5, 5.41) is 43.4. The Morgan fingerprint density at radius 1 is 1.21 bits per heavy atom. The number of aromatic hydroxyl groups is 1. The second-order valence-corrected chi connectivity index (χ2v) is 5.66. The fourth-order valence-electron chi connectivity index (χ4n) is 2.56. The summed E-state index contributed by atoms with van der Waals surface area (Å²) in [6, 6.07) is 6.82. The smallest absolute Gasteiger partial charge is 0.145 e. The van der Waals surface area contributed by atoms with Gasteiger partial charge in [0.05, 0.1) is 11.4 Å². The molecule has 7 nitrogen and oxygen atoms in total. The molecule has 0 aromatic heterocycles. The van der Waals surface area contributed by atoms with Crippen LogP contribution in [0.3, 0.4) is 0 Å². The van der Waals surface area contributed by atoms with Crippen molar-refractivity contribution in [3.8, 4) is 5.75 Å². The van der Waals surface area contributed by atoms with Gasteiger partial charge in [0.25, 0.3) is 0 Å². The lowest BCUT2D eigenvalue weighted by Gasteiger charge is -2.26. The van der Waals surface area contributed by atoms with E-state index in [-0.39, 0.29) is 29.1 Å². The van der Waals surface area contributed by atoms with Crippen molar-refractivity contribution < 1.29 is 5.11 Å². The highest BCUT2D eigenvalue weighted by Gasteiger charge is 2.18. The zero-order valence-electron chi connectivity index (χ0n) is 13.7. The summed E-state index contributed by atoms with van der Waals surface area (Å²) in [4.78, 5) is 0. The van der Waals surface area contributed by atoms with Gasteiger partial charge in [0.2, 0.25) is 0 Å². The molecule has 0 spiro atoms. The first-order valence-electron chi connectivity index (χ1n) is 7.94. The first kappa shape index (κ1) is 17.7. The molecular formula is C17H24N6O. The second kappa shape index (κ2) is 8.26. The molecule has 0 unspecified atom stereocenters. The summed E-state index contributed by atoms with van der Waals surface area (Å²) < 4.78 is 0. The van der Waals surface area contributed by atoms with Crippen LogP contribution in [0.2, 0.25) is 0 Å². The third-order valence-electron chi connectivity index (χ3n) is 3.95. The maximum absolute atomic E-state index is 9.90. The highest BCUT2D eigenvalue weighted by Crippen LogP contribution is 2.17. The minimum atomic E-state index is -0.0206. The first-order chi connectivity index (χ1) is 11.5.